The quantitative estimate of drug-likeness (QED) is 0.353. The number of benzene rings is 1. The number of Topliss-reactive ketones (excluding diaryl/α,β-unsaturated/α-hetero) is 1. The van der Waals surface area contributed by atoms with E-state index in [1.807, 2.05) is 6.92 Å². The molecule has 0 aliphatic carbocycles. The second-order valence-corrected chi connectivity index (χ2v) is 9.77. The van der Waals surface area contributed by atoms with Crippen molar-refractivity contribution in [1.82, 2.24) is 15.2 Å². The lowest BCUT2D eigenvalue weighted by atomic mass is 10.0. The molecule has 1 amide bonds. The fourth-order valence-corrected chi connectivity index (χ4v) is 4.29. The molecule has 0 atom stereocenters. The average molecular weight is 503 g/mol. The number of fused-ring (bicyclic) bond motifs is 1. The Balaban J connectivity index is 1.84. The van der Waals surface area contributed by atoms with Crippen LogP contribution in [0.5, 0.6) is 11.5 Å². The van der Waals surface area contributed by atoms with Gasteiger partial charge in [0.25, 0.3) is 5.91 Å². The van der Waals surface area contributed by atoms with Crippen molar-refractivity contribution in [3.8, 4) is 11.5 Å². The van der Waals surface area contributed by atoms with Gasteiger partial charge in [-0.1, -0.05) is 13.3 Å². The van der Waals surface area contributed by atoms with E-state index in [2.05, 4.69) is 10.3 Å². The lowest BCUT2D eigenvalue weighted by Gasteiger charge is -2.17. The second-order valence-electron chi connectivity index (χ2n) is 8.20. The zero-order valence-electron chi connectivity index (χ0n) is 20.3. The maximum absolute atomic E-state index is 13.1. The number of nitrogens with zero attached hydrogens (tertiary/aromatic N) is 2. The molecule has 11 heteroatoms. The van der Waals surface area contributed by atoms with Gasteiger partial charge in [0.2, 0.25) is 0 Å². The third-order valence-electron chi connectivity index (χ3n) is 5.47. The number of unbranched alkanes of at least 4 members (excludes halogenated alkanes) is 1. The number of ether oxygens (including phenoxy) is 1. The first-order valence-corrected chi connectivity index (χ1v) is 13.2. The highest BCUT2D eigenvalue weighted by atomic mass is 32.2. The van der Waals surface area contributed by atoms with Crippen molar-refractivity contribution in [2.45, 2.75) is 39.7 Å². The third kappa shape index (κ3) is 6.16. The largest absolute Gasteiger partial charge is 0.491 e. The number of rotatable bonds is 11. The van der Waals surface area contributed by atoms with Gasteiger partial charge in [-0.05, 0) is 49.6 Å². The Morgan fingerprint density at radius 3 is 2.57 bits per heavy atom. The van der Waals surface area contributed by atoms with Crippen molar-refractivity contribution in [2.75, 3.05) is 26.5 Å². The topological polar surface area (TPSA) is 139 Å². The number of pyridine rings is 1. The summed E-state index contributed by atoms with van der Waals surface area (Å²) in [6.45, 7) is 4.37. The predicted molar refractivity (Wildman–Crippen MR) is 131 cm³/mol. The number of nitrogens with one attached hydrogen (secondary N) is 2. The molecule has 2 heterocycles. The van der Waals surface area contributed by atoms with Crippen LogP contribution < -0.4 is 14.2 Å². The van der Waals surface area contributed by atoms with Crippen LogP contribution in [-0.2, 0) is 23.1 Å². The molecule has 0 spiro atoms. The molecule has 10 nitrogen and oxygen atoms in total. The van der Waals surface area contributed by atoms with Crippen molar-refractivity contribution in [1.29, 1.82) is 5.41 Å². The zero-order valence-corrected chi connectivity index (χ0v) is 21.1. The molecule has 2 aromatic rings. The van der Waals surface area contributed by atoms with E-state index in [9.17, 15) is 18.0 Å². The second kappa shape index (κ2) is 10.9. The normalized spacial score (nSPS) is 12.9. The molecule has 0 saturated heterocycles. The number of ketones is 1. The van der Waals surface area contributed by atoms with Crippen molar-refractivity contribution in [3.63, 3.8) is 0 Å². The van der Waals surface area contributed by atoms with E-state index in [1.165, 1.54) is 19.2 Å². The van der Waals surface area contributed by atoms with Gasteiger partial charge in [0, 0.05) is 24.7 Å². The number of aryl methyl sites for hydroxylation is 1. The van der Waals surface area contributed by atoms with Gasteiger partial charge in [-0.2, -0.15) is 8.42 Å². The van der Waals surface area contributed by atoms with E-state index in [0.717, 1.165) is 19.1 Å². The molecule has 2 N–H and O–H groups in total. The summed E-state index contributed by atoms with van der Waals surface area (Å²) in [6.07, 6.45) is 3.26. The standard InChI is InChI=1S/C24H30N4O6S/c1-5-7-8-16-11-15(9-10-19(16)34-35(4,31)32)18(29)14-28-13-17-12-20(33-6-2)22(24(30)26-3)27-21(17)23(28)25/h9-12,25H,5-8,13-14H2,1-4H3,(H,26,30). The lowest BCUT2D eigenvalue weighted by molar-refractivity contribution is 0.0949. The average Bonchev–Trinajstić information content (AvgIpc) is 3.10. The highest BCUT2D eigenvalue weighted by Crippen LogP contribution is 2.29. The van der Waals surface area contributed by atoms with Crippen LogP contribution in [0.15, 0.2) is 24.3 Å². The van der Waals surface area contributed by atoms with Crippen LogP contribution in [0, 0.1) is 5.41 Å². The number of hydrogen-bond donors (Lipinski definition) is 2. The summed E-state index contributed by atoms with van der Waals surface area (Å²) in [7, 11) is -2.21. The van der Waals surface area contributed by atoms with E-state index in [-0.39, 0.29) is 36.2 Å². The highest BCUT2D eigenvalue weighted by Gasteiger charge is 2.31. The van der Waals surface area contributed by atoms with Crippen molar-refractivity contribution in [2.24, 2.45) is 0 Å². The summed E-state index contributed by atoms with van der Waals surface area (Å²) in [4.78, 5) is 31.3. The molecule has 0 unspecified atom stereocenters. The number of carbonyl (C=O) groups excluding carboxylic acids is 2. The minimum atomic E-state index is -3.70. The summed E-state index contributed by atoms with van der Waals surface area (Å²) >= 11 is 0. The molecule has 1 aromatic carbocycles. The molecule has 35 heavy (non-hydrogen) atoms. The van der Waals surface area contributed by atoms with Crippen LogP contribution in [0.4, 0.5) is 0 Å². The molecule has 0 bridgehead atoms. The molecular formula is C24H30N4O6S. The number of carbonyl (C=O) groups is 2. The van der Waals surface area contributed by atoms with Crippen LogP contribution in [0.2, 0.25) is 0 Å². The van der Waals surface area contributed by atoms with E-state index in [0.29, 0.717) is 41.2 Å². The van der Waals surface area contributed by atoms with E-state index in [4.69, 9.17) is 14.3 Å². The molecule has 0 radical (unpaired) electrons. The Hall–Kier alpha value is -3.47. The Morgan fingerprint density at radius 1 is 1.20 bits per heavy atom. The van der Waals surface area contributed by atoms with Gasteiger partial charge in [-0.3, -0.25) is 15.0 Å². The van der Waals surface area contributed by atoms with Gasteiger partial charge < -0.3 is 19.1 Å². The van der Waals surface area contributed by atoms with Gasteiger partial charge in [0.15, 0.2) is 17.2 Å². The van der Waals surface area contributed by atoms with Crippen LogP contribution in [-0.4, -0.2) is 62.3 Å². The molecule has 188 valence electrons. The van der Waals surface area contributed by atoms with Crippen LogP contribution in [0.3, 0.4) is 0 Å². The number of amidine groups is 1. The van der Waals surface area contributed by atoms with Crippen LogP contribution >= 0.6 is 0 Å². The first-order valence-electron chi connectivity index (χ1n) is 11.4. The Labute approximate surface area is 205 Å². The summed E-state index contributed by atoms with van der Waals surface area (Å²) in [6, 6.07) is 6.37. The smallest absolute Gasteiger partial charge is 0.306 e. The fourth-order valence-electron chi connectivity index (χ4n) is 3.80. The number of aromatic nitrogens is 1. The van der Waals surface area contributed by atoms with E-state index < -0.39 is 16.0 Å². The predicted octanol–water partition coefficient (Wildman–Crippen LogP) is 2.54. The fraction of sp³-hybridized carbons (Fsp3) is 0.417. The molecule has 0 fully saturated rings. The first-order chi connectivity index (χ1) is 16.6. The monoisotopic (exact) mass is 502 g/mol. The van der Waals surface area contributed by atoms with Gasteiger partial charge >= 0.3 is 10.1 Å². The van der Waals surface area contributed by atoms with Gasteiger partial charge in [0.05, 0.1) is 19.4 Å². The Kier molecular flexibility index (Phi) is 8.11. The van der Waals surface area contributed by atoms with Crippen LogP contribution in [0.25, 0.3) is 0 Å². The Morgan fingerprint density at radius 2 is 1.94 bits per heavy atom. The molecule has 1 aliphatic rings. The SMILES string of the molecule is CCCCc1cc(C(=O)CN2Cc3cc(OCC)c(C(=O)NC)nc3C2=N)ccc1OS(C)(=O)=O. The van der Waals surface area contributed by atoms with Crippen molar-refractivity contribution >= 4 is 27.6 Å². The van der Waals surface area contributed by atoms with E-state index >= 15 is 0 Å². The minimum absolute atomic E-state index is 0.0461. The summed E-state index contributed by atoms with van der Waals surface area (Å²) in [5.74, 6) is -0.0658. The Bertz CT molecular complexity index is 1260. The zero-order chi connectivity index (χ0) is 25.8. The summed E-state index contributed by atoms with van der Waals surface area (Å²) < 4.78 is 33.9. The minimum Gasteiger partial charge on any atom is -0.491 e. The molecule has 1 aliphatic heterocycles. The van der Waals surface area contributed by atoms with Gasteiger partial charge in [-0.15, -0.1) is 0 Å². The molecule has 3 rings (SSSR count). The number of hydrogen-bond acceptors (Lipinski definition) is 8. The highest BCUT2D eigenvalue weighted by molar-refractivity contribution is 7.86. The maximum atomic E-state index is 13.1. The van der Waals surface area contributed by atoms with Crippen molar-refractivity contribution < 1.29 is 26.9 Å². The van der Waals surface area contributed by atoms with Crippen LogP contribution in [0.1, 0.15) is 64.4 Å². The number of amides is 1. The summed E-state index contributed by atoms with van der Waals surface area (Å²) in [5.41, 5.74) is 2.16. The molecular weight excluding hydrogens is 472 g/mol. The van der Waals surface area contributed by atoms with E-state index in [1.54, 1.807) is 24.0 Å². The van der Waals surface area contributed by atoms with Crippen molar-refractivity contribution in [3.05, 3.63) is 52.3 Å². The molecule has 0 saturated carbocycles. The lowest BCUT2D eigenvalue weighted by Crippen LogP contribution is -2.30. The summed E-state index contributed by atoms with van der Waals surface area (Å²) in [5, 5.41) is 11.1. The van der Waals surface area contributed by atoms with Gasteiger partial charge in [-0.25, -0.2) is 4.98 Å². The maximum Gasteiger partial charge on any atom is 0.306 e. The third-order valence-corrected chi connectivity index (χ3v) is 5.95. The molecule has 1 aromatic heterocycles. The first kappa shape index (κ1) is 26.1. The van der Waals surface area contributed by atoms with Gasteiger partial charge in [0.1, 0.15) is 17.3 Å².